The monoisotopic (exact) mass is 371 g/mol. The Kier molecular flexibility index (Phi) is 5.62. The molecular formula is C21H29N3O3. The standard InChI is InChI=1S/C21H29N3O3/c25-20-14-16(15-24(20)19-4-2-1-3-5-19)21(26)22-17-6-8-18(9-7-17)23-10-12-27-13-11-23/h6-9,16,19H,1-5,10-15H2,(H,22,26)/t16-/m1/s1. The van der Waals surface area contributed by atoms with Crippen LogP contribution in [0.3, 0.4) is 0 Å². The highest BCUT2D eigenvalue weighted by Crippen LogP contribution is 2.29. The molecule has 2 amide bonds. The summed E-state index contributed by atoms with van der Waals surface area (Å²) < 4.78 is 5.39. The maximum absolute atomic E-state index is 12.7. The van der Waals surface area contributed by atoms with Crippen molar-refractivity contribution in [3.8, 4) is 0 Å². The van der Waals surface area contributed by atoms with E-state index in [0.29, 0.717) is 19.0 Å². The van der Waals surface area contributed by atoms with E-state index in [2.05, 4.69) is 10.2 Å². The first-order chi connectivity index (χ1) is 13.2. The molecule has 0 spiro atoms. The Morgan fingerprint density at radius 2 is 1.74 bits per heavy atom. The number of nitrogens with zero attached hydrogens (tertiary/aromatic N) is 2. The number of anilines is 2. The Morgan fingerprint density at radius 1 is 1.04 bits per heavy atom. The van der Waals surface area contributed by atoms with Gasteiger partial charge in [0.05, 0.1) is 19.1 Å². The van der Waals surface area contributed by atoms with E-state index in [-0.39, 0.29) is 17.7 Å². The van der Waals surface area contributed by atoms with Crippen molar-refractivity contribution in [1.82, 2.24) is 4.90 Å². The van der Waals surface area contributed by atoms with Crippen LogP contribution in [0.1, 0.15) is 38.5 Å². The van der Waals surface area contributed by atoms with Crippen molar-refractivity contribution in [2.45, 2.75) is 44.6 Å². The zero-order valence-corrected chi connectivity index (χ0v) is 15.9. The zero-order valence-electron chi connectivity index (χ0n) is 15.9. The van der Waals surface area contributed by atoms with Crippen molar-refractivity contribution in [3.63, 3.8) is 0 Å². The molecule has 1 aromatic carbocycles. The number of morpholine rings is 1. The molecule has 4 rings (SSSR count). The van der Waals surface area contributed by atoms with Gasteiger partial charge in [0.1, 0.15) is 0 Å². The van der Waals surface area contributed by atoms with Gasteiger partial charge in [0.25, 0.3) is 0 Å². The van der Waals surface area contributed by atoms with Gasteiger partial charge < -0.3 is 19.9 Å². The highest BCUT2D eigenvalue weighted by atomic mass is 16.5. The first-order valence-corrected chi connectivity index (χ1v) is 10.2. The zero-order chi connectivity index (χ0) is 18.6. The van der Waals surface area contributed by atoms with Crippen LogP contribution in [-0.4, -0.2) is 55.6 Å². The lowest BCUT2D eigenvalue weighted by Gasteiger charge is -2.31. The summed E-state index contributed by atoms with van der Waals surface area (Å²) in [5.74, 6) is -0.135. The van der Waals surface area contributed by atoms with Gasteiger partial charge in [-0.3, -0.25) is 9.59 Å². The van der Waals surface area contributed by atoms with Crippen LogP contribution in [0, 0.1) is 5.92 Å². The van der Waals surface area contributed by atoms with E-state index in [1.54, 1.807) is 0 Å². The molecule has 0 bridgehead atoms. The van der Waals surface area contributed by atoms with Gasteiger partial charge in [0.2, 0.25) is 11.8 Å². The number of nitrogens with one attached hydrogen (secondary N) is 1. The van der Waals surface area contributed by atoms with Crippen molar-refractivity contribution >= 4 is 23.2 Å². The molecule has 3 fully saturated rings. The molecule has 1 saturated carbocycles. The summed E-state index contributed by atoms with van der Waals surface area (Å²) in [4.78, 5) is 29.3. The second-order valence-electron chi connectivity index (χ2n) is 7.87. The fraction of sp³-hybridized carbons (Fsp3) is 0.619. The van der Waals surface area contributed by atoms with Gasteiger partial charge >= 0.3 is 0 Å². The van der Waals surface area contributed by atoms with E-state index >= 15 is 0 Å². The molecule has 146 valence electrons. The van der Waals surface area contributed by atoms with Gasteiger partial charge in [-0.1, -0.05) is 19.3 Å². The minimum Gasteiger partial charge on any atom is -0.378 e. The van der Waals surface area contributed by atoms with Crippen LogP contribution in [0.15, 0.2) is 24.3 Å². The summed E-state index contributed by atoms with van der Waals surface area (Å²) in [7, 11) is 0. The molecular weight excluding hydrogens is 342 g/mol. The molecule has 0 radical (unpaired) electrons. The molecule has 1 N–H and O–H groups in total. The Labute approximate surface area is 160 Å². The molecule has 2 aliphatic heterocycles. The van der Waals surface area contributed by atoms with E-state index in [1.807, 2.05) is 29.2 Å². The van der Waals surface area contributed by atoms with Crippen LogP contribution in [0.4, 0.5) is 11.4 Å². The number of rotatable bonds is 4. The Hall–Kier alpha value is -2.08. The molecule has 1 aromatic rings. The van der Waals surface area contributed by atoms with Crippen molar-refractivity contribution in [2.24, 2.45) is 5.92 Å². The number of carbonyl (C=O) groups excluding carboxylic acids is 2. The molecule has 2 saturated heterocycles. The van der Waals surface area contributed by atoms with Crippen LogP contribution in [0.5, 0.6) is 0 Å². The lowest BCUT2D eigenvalue weighted by molar-refractivity contribution is -0.130. The smallest absolute Gasteiger partial charge is 0.229 e. The fourth-order valence-corrected chi connectivity index (χ4v) is 4.47. The van der Waals surface area contributed by atoms with Crippen LogP contribution in [0.25, 0.3) is 0 Å². The van der Waals surface area contributed by atoms with Crippen molar-refractivity contribution < 1.29 is 14.3 Å². The summed E-state index contributed by atoms with van der Waals surface area (Å²) in [5, 5.41) is 3.00. The minimum atomic E-state index is -0.238. The predicted molar refractivity (Wildman–Crippen MR) is 105 cm³/mol. The lowest BCUT2D eigenvalue weighted by atomic mass is 9.94. The fourth-order valence-electron chi connectivity index (χ4n) is 4.47. The number of amides is 2. The summed E-state index contributed by atoms with van der Waals surface area (Å²) in [6.07, 6.45) is 6.17. The van der Waals surface area contributed by atoms with E-state index < -0.39 is 0 Å². The van der Waals surface area contributed by atoms with Gasteiger partial charge in [-0.05, 0) is 37.1 Å². The first-order valence-electron chi connectivity index (χ1n) is 10.2. The highest BCUT2D eigenvalue weighted by molar-refractivity contribution is 5.97. The highest BCUT2D eigenvalue weighted by Gasteiger charge is 2.38. The second kappa shape index (κ2) is 8.30. The molecule has 27 heavy (non-hydrogen) atoms. The predicted octanol–water partition coefficient (Wildman–Crippen LogP) is 2.64. The van der Waals surface area contributed by atoms with Gasteiger partial charge in [0.15, 0.2) is 0 Å². The van der Waals surface area contributed by atoms with Gasteiger partial charge in [-0.15, -0.1) is 0 Å². The molecule has 1 atom stereocenters. The molecule has 1 aliphatic carbocycles. The normalized spacial score (nSPS) is 24.3. The molecule has 2 heterocycles. The quantitative estimate of drug-likeness (QED) is 0.884. The summed E-state index contributed by atoms with van der Waals surface area (Å²) >= 11 is 0. The third kappa shape index (κ3) is 4.26. The Balaban J connectivity index is 1.33. The summed E-state index contributed by atoms with van der Waals surface area (Å²) in [6.45, 7) is 3.87. The SMILES string of the molecule is O=C(Nc1ccc(N2CCOCC2)cc1)[C@@H]1CC(=O)N(C2CCCCC2)C1. The van der Waals surface area contributed by atoms with Crippen LogP contribution >= 0.6 is 0 Å². The largest absolute Gasteiger partial charge is 0.378 e. The van der Waals surface area contributed by atoms with E-state index in [0.717, 1.165) is 50.5 Å². The van der Waals surface area contributed by atoms with Crippen molar-refractivity contribution in [3.05, 3.63) is 24.3 Å². The number of benzene rings is 1. The van der Waals surface area contributed by atoms with Gasteiger partial charge in [-0.25, -0.2) is 0 Å². The van der Waals surface area contributed by atoms with Crippen LogP contribution < -0.4 is 10.2 Å². The molecule has 3 aliphatic rings. The Morgan fingerprint density at radius 3 is 2.44 bits per heavy atom. The molecule has 0 unspecified atom stereocenters. The molecule has 6 nitrogen and oxygen atoms in total. The summed E-state index contributed by atoms with van der Waals surface area (Å²) in [6, 6.07) is 8.30. The molecule has 6 heteroatoms. The van der Waals surface area contributed by atoms with Gasteiger partial charge in [-0.2, -0.15) is 0 Å². The second-order valence-corrected chi connectivity index (χ2v) is 7.87. The summed E-state index contributed by atoms with van der Waals surface area (Å²) in [5.41, 5.74) is 1.94. The maximum Gasteiger partial charge on any atom is 0.229 e. The van der Waals surface area contributed by atoms with Crippen molar-refractivity contribution in [2.75, 3.05) is 43.1 Å². The first kappa shape index (κ1) is 18.3. The van der Waals surface area contributed by atoms with Crippen LogP contribution in [-0.2, 0) is 14.3 Å². The minimum absolute atomic E-state index is 0.0409. The average Bonchev–Trinajstić information content (AvgIpc) is 3.12. The Bertz CT molecular complexity index is 664. The average molecular weight is 371 g/mol. The van der Waals surface area contributed by atoms with Crippen LogP contribution in [0.2, 0.25) is 0 Å². The van der Waals surface area contributed by atoms with Crippen molar-refractivity contribution in [1.29, 1.82) is 0 Å². The maximum atomic E-state index is 12.7. The van der Waals surface area contributed by atoms with E-state index in [1.165, 1.54) is 19.3 Å². The van der Waals surface area contributed by atoms with E-state index in [9.17, 15) is 9.59 Å². The lowest BCUT2D eigenvalue weighted by Crippen LogP contribution is -2.38. The van der Waals surface area contributed by atoms with Gasteiger partial charge in [0, 0.05) is 43.5 Å². The number of carbonyl (C=O) groups is 2. The third-order valence-electron chi connectivity index (χ3n) is 6.06. The third-order valence-corrected chi connectivity index (χ3v) is 6.06. The number of hydrogen-bond donors (Lipinski definition) is 1. The van der Waals surface area contributed by atoms with E-state index in [4.69, 9.17) is 4.74 Å². The molecule has 0 aromatic heterocycles. The number of hydrogen-bond acceptors (Lipinski definition) is 4. The number of ether oxygens (including phenoxy) is 1. The number of likely N-dealkylation sites (tertiary alicyclic amines) is 1. The topological polar surface area (TPSA) is 61.9 Å².